The molecule has 1 N–H and O–H groups in total. The van der Waals surface area contributed by atoms with Crippen molar-refractivity contribution in [3.8, 4) is 0 Å². The predicted octanol–water partition coefficient (Wildman–Crippen LogP) is 3.39. The third kappa shape index (κ3) is 4.62. The molecule has 4 aromatic rings. The second-order valence-electron chi connectivity index (χ2n) is 7.95. The van der Waals surface area contributed by atoms with Crippen LogP contribution in [0.15, 0.2) is 71.2 Å². The summed E-state index contributed by atoms with van der Waals surface area (Å²) >= 11 is 1.22. The largest absolute Gasteiger partial charge is 0.368 e. The Balaban J connectivity index is 1.19. The van der Waals surface area contributed by atoms with Gasteiger partial charge in [-0.1, -0.05) is 0 Å². The zero-order valence-electron chi connectivity index (χ0n) is 18.1. The van der Waals surface area contributed by atoms with Gasteiger partial charge in [-0.25, -0.2) is 17.8 Å². The molecule has 5 rings (SSSR count). The monoisotopic (exact) mass is 499 g/mol. The fourth-order valence-electron chi connectivity index (χ4n) is 4.05. The molecule has 2 aromatic heterocycles. The summed E-state index contributed by atoms with van der Waals surface area (Å²) in [4.78, 5) is 20.9. The summed E-state index contributed by atoms with van der Waals surface area (Å²) in [6.07, 6.45) is 3.34. The first-order valence-electron chi connectivity index (χ1n) is 10.7. The van der Waals surface area contributed by atoms with Crippen molar-refractivity contribution in [3.05, 3.63) is 72.1 Å². The average Bonchev–Trinajstić information content (AvgIpc) is 3.48. The second kappa shape index (κ2) is 9.07. The van der Waals surface area contributed by atoms with Crippen LogP contribution < -0.4 is 9.62 Å². The number of hydrogen-bond donors (Lipinski definition) is 1. The van der Waals surface area contributed by atoms with Crippen molar-refractivity contribution in [2.45, 2.75) is 11.4 Å². The lowest BCUT2D eigenvalue weighted by molar-refractivity contribution is -0.132. The number of sulfonamides is 1. The molecule has 176 valence electrons. The van der Waals surface area contributed by atoms with Gasteiger partial charge < -0.3 is 14.4 Å². The van der Waals surface area contributed by atoms with Crippen molar-refractivity contribution in [3.63, 3.8) is 0 Å². The van der Waals surface area contributed by atoms with Crippen LogP contribution in [0.3, 0.4) is 0 Å². The van der Waals surface area contributed by atoms with Gasteiger partial charge in [0.15, 0.2) is 5.13 Å². The van der Waals surface area contributed by atoms with Crippen molar-refractivity contribution in [1.82, 2.24) is 14.5 Å². The van der Waals surface area contributed by atoms with E-state index < -0.39 is 10.0 Å². The lowest BCUT2D eigenvalue weighted by atomic mass is 10.2. The molecule has 1 amide bonds. The zero-order chi connectivity index (χ0) is 23.7. The maximum atomic E-state index is 13.4. The first kappa shape index (κ1) is 22.4. The maximum absolute atomic E-state index is 13.4. The third-order valence-electron chi connectivity index (χ3n) is 5.84. The number of carbonyl (C=O) groups excluding carboxylic acids is 1. The maximum Gasteiger partial charge on any atom is 0.263 e. The molecule has 34 heavy (non-hydrogen) atoms. The van der Waals surface area contributed by atoms with Gasteiger partial charge in [0.1, 0.15) is 12.4 Å². The van der Waals surface area contributed by atoms with Gasteiger partial charge in [-0.2, -0.15) is 0 Å². The molecule has 0 bridgehead atoms. The molecular formula is C23H22FN5O3S2. The van der Waals surface area contributed by atoms with Gasteiger partial charge in [0.2, 0.25) is 5.91 Å². The van der Waals surface area contributed by atoms with Crippen LogP contribution in [0.2, 0.25) is 0 Å². The summed E-state index contributed by atoms with van der Waals surface area (Å²) < 4.78 is 42.7. The number of hydrogen-bond acceptors (Lipinski definition) is 6. The molecule has 1 aliphatic heterocycles. The topological polar surface area (TPSA) is 87.5 Å². The number of carbonyl (C=O) groups is 1. The van der Waals surface area contributed by atoms with Crippen LogP contribution in [0.1, 0.15) is 0 Å². The fourth-order valence-corrected chi connectivity index (χ4v) is 5.84. The van der Waals surface area contributed by atoms with Gasteiger partial charge in [-0.15, -0.1) is 11.3 Å². The highest BCUT2D eigenvalue weighted by atomic mass is 32.2. The van der Waals surface area contributed by atoms with Gasteiger partial charge >= 0.3 is 0 Å². The van der Waals surface area contributed by atoms with Crippen LogP contribution in [0.4, 0.5) is 15.2 Å². The minimum atomic E-state index is -3.69. The number of thiazole rings is 1. The van der Waals surface area contributed by atoms with Crippen molar-refractivity contribution in [1.29, 1.82) is 0 Å². The minimum Gasteiger partial charge on any atom is -0.368 e. The molecule has 2 aromatic carbocycles. The molecule has 3 heterocycles. The number of benzene rings is 2. The van der Waals surface area contributed by atoms with Gasteiger partial charge in [-0.3, -0.25) is 9.52 Å². The molecule has 0 atom stereocenters. The van der Waals surface area contributed by atoms with Crippen molar-refractivity contribution in [2.24, 2.45) is 0 Å². The number of aromatic nitrogens is 2. The Hall–Kier alpha value is -3.44. The molecule has 0 aliphatic carbocycles. The summed E-state index contributed by atoms with van der Waals surface area (Å²) in [5.41, 5.74) is 1.73. The van der Waals surface area contributed by atoms with E-state index in [-0.39, 0.29) is 23.2 Å². The number of nitrogens with one attached hydrogen (secondary N) is 1. The molecule has 0 unspecified atom stereocenters. The Bertz CT molecular complexity index is 1410. The fraction of sp³-hybridized carbons (Fsp3) is 0.217. The van der Waals surface area contributed by atoms with Gasteiger partial charge in [0.25, 0.3) is 10.0 Å². The van der Waals surface area contributed by atoms with Crippen LogP contribution in [0.25, 0.3) is 10.9 Å². The summed E-state index contributed by atoms with van der Waals surface area (Å²) in [5.74, 6) is -0.287. The lowest BCUT2D eigenvalue weighted by Crippen LogP contribution is -2.49. The van der Waals surface area contributed by atoms with E-state index in [0.717, 1.165) is 16.6 Å². The number of amides is 1. The Morgan fingerprint density at radius 2 is 1.82 bits per heavy atom. The summed E-state index contributed by atoms with van der Waals surface area (Å²) in [6, 6.07) is 13.0. The molecular weight excluding hydrogens is 477 g/mol. The highest BCUT2D eigenvalue weighted by molar-refractivity contribution is 7.93. The number of fused-ring (bicyclic) bond motifs is 1. The van der Waals surface area contributed by atoms with Crippen LogP contribution in [-0.2, 0) is 21.4 Å². The van der Waals surface area contributed by atoms with E-state index >= 15 is 0 Å². The zero-order valence-corrected chi connectivity index (χ0v) is 19.7. The molecule has 0 spiro atoms. The van der Waals surface area contributed by atoms with Crippen LogP contribution >= 0.6 is 11.3 Å². The molecule has 1 saturated heterocycles. The smallest absolute Gasteiger partial charge is 0.263 e. The van der Waals surface area contributed by atoms with Crippen molar-refractivity contribution < 1.29 is 17.6 Å². The van der Waals surface area contributed by atoms with Gasteiger partial charge in [-0.05, 0) is 48.5 Å². The quantitative estimate of drug-likeness (QED) is 0.440. The molecule has 0 radical (unpaired) electrons. The number of piperazine rings is 1. The van der Waals surface area contributed by atoms with E-state index in [1.165, 1.54) is 29.7 Å². The second-order valence-corrected chi connectivity index (χ2v) is 10.5. The van der Waals surface area contributed by atoms with E-state index in [1.807, 2.05) is 9.47 Å². The van der Waals surface area contributed by atoms with Crippen LogP contribution in [-0.4, -0.2) is 55.0 Å². The first-order chi connectivity index (χ1) is 16.4. The number of nitrogens with zero attached hydrogens (tertiary/aromatic N) is 4. The standard InChI is InChI=1S/C23H22FN5O3S2/c24-18-1-6-21-17(15-18)7-9-29(21)16-22(30)28-12-10-27(11-13-28)19-2-4-20(5-3-19)34(31,32)26-23-25-8-14-33-23/h1-9,14-15H,10-13,16H2,(H,25,26). The minimum absolute atomic E-state index is 0.0103. The number of anilines is 2. The number of rotatable bonds is 6. The van der Waals surface area contributed by atoms with Gasteiger partial charge in [0.05, 0.1) is 4.90 Å². The molecule has 11 heteroatoms. The van der Waals surface area contributed by atoms with Gasteiger partial charge in [0, 0.05) is 60.5 Å². The third-order valence-corrected chi connectivity index (χ3v) is 8.01. The Kier molecular flexibility index (Phi) is 5.96. The number of halogens is 1. The highest BCUT2D eigenvalue weighted by Gasteiger charge is 2.23. The highest BCUT2D eigenvalue weighted by Crippen LogP contribution is 2.23. The van der Waals surface area contributed by atoms with E-state index in [1.54, 1.807) is 48.0 Å². The summed E-state index contributed by atoms with van der Waals surface area (Å²) in [6.45, 7) is 2.63. The lowest BCUT2D eigenvalue weighted by Gasteiger charge is -2.36. The van der Waals surface area contributed by atoms with E-state index in [0.29, 0.717) is 31.3 Å². The summed E-state index contributed by atoms with van der Waals surface area (Å²) in [5, 5.41) is 2.79. The molecule has 8 nitrogen and oxygen atoms in total. The normalized spacial score (nSPS) is 14.5. The SMILES string of the molecule is O=C(Cn1ccc2cc(F)ccc21)N1CCN(c2ccc(S(=O)(=O)Nc3nccs3)cc2)CC1. The van der Waals surface area contributed by atoms with E-state index in [9.17, 15) is 17.6 Å². The molecule has 1 aliphatic rings. The molecule has 0 saturated carbocycles. The Morgan fingerprint density at radius 3 is 2.53 bits per heavy atom. The van der Waals surface area contributed by atoms with Crippen LogP contribution in [0, 0.1) is 5.82 Å². The van der Waals surface area contributed by atoms with Crippen molar-refractivity contribution in [2.75, 3.05) is 35.8 Å². The predicted molar refractivity (Wildman–Crippen MR) is 130 cm³/mol. The Morgan fingerprint density at radius 1 is 1.06 bits per heavy atom. The first-order valence-corrected chi connectivity index (χ1v) is 13.0. The van der Waals surface area contributed by atoms with E-state index in [4.69, 9.17) is 0 Å². The van der Waals surface area contributed by atoms with Crippen LogP contribution in [0.5, 0.6) is 0 Å². The molecule has 1 fully saturated rings. The van der Waals surface area contributed by atoms with Crippen molar-refractivity contribution >= 4 is 49.0 Å². The average molecular weight is 500 g/mol. The Labute approximate surface area is 200 Å². The summed E-state index contributed by atoms with van der Waals surface area (Å²) in [7, 11) is -3.69. The van der Waals surface area contributed by atoms with E-state index in [2.05, 4.69) is 14.6 Å².